The molecule has 0 amide bonds. The molecule has 0 aliphatic heterocycles. The summed E-state index contributed by atoms with van der Waals surface area (Å²) in [6.07, 6.45) is 0. The number of aryl methyl sites for hydroxylation is 2. The van der Waals surface area contributed by atoms with Gasteiger partial charge in [0.05, 0.1) is 5.56 Å². The lowest BCUT2D eigenvalue weighted by Gasteiger charge is -2.10. The van der Waals surface area contributed by atoms with E-state index in [-0.39, 0.29) is 5.56 Å². The zero-order valence-electron chi connectivity index (χ0n) is 11.0. The van der Waals surface area contributed by atoms with Gasteiger partial charge in [-0.15, -0.1) is 0 Å². The van der Waals surface area contributed by atoms with Gasteiger partial charge in [0, 0.05) is 0 Å². The summed E-state index contributed by atoms with van der Waals surface area (Å²) in [4.78, 5) is 10.9. The van der Waals surface area contributed by atoms with E-state index in [2.05, 4.69) is 18.2 Å². The largest absolute Gasteiger partial charge is 0.489 e. The van der Waals surface area contributed by atoms with Gasteiger partial charge in [-0.05, 0) is 43.2 Å². The number of hydrogen-bond donors (Lipinski definition) is 1. The highest BCUT2D eigenvalue weighted by Crippen LogP contribution is 2.17. The van der Waals surface area contributed by atoms with Gasteiger partial charge in [-0.1, -0.05) is 29.8 Å². The Morgan fingerprint density at radius 3 is 2.68 bits per heavy atom. The van der Waals surface area contributed by atoms with Crippen molar-refractivity contribution in [3.8, 4) is 5.75 Å². The maximum atomic E-state index is 10.9. The van der Waals surface area contributed by atoms with E-state index in [9.17, 15) is 4.79 Å². The van der Waals surface area contributed by atoms with Gasteiger partial charge in [0.1, 0.15) is 12.4 Å². The molecule has 0 aliphatic rings. The van der Waals surface area contributed by atoms with Crippen LogP contribution in [0.25, 0.3) is 0 Å². The van der Waals surface area contributed by atoms with Crippen LogP contribution in [0.3, 0.4) is 0 Å². The highest BCUT2D eigenvalue weighted by molar-refractivity contribution is 5.87. The van der Waals surface area contributed by atoms with Crippen molar-refractivity contribution in [1.29, 1.82) is 0 Å². The van der Waals surface area contributed by atoms with Crippen molar-refractivity contribution in [2.45, 2.75) is 20.5 Å². The van der Waals surface area contributed by atoms with Crippen LogP contribution in [0.2, 0.25) is 0 Å². The van der Waals surface area contributed by atoms with Crippen molar-refractivity contribution in [2.24, 2.45) is 0 Å². The minimum absolute atomic E-state index is 0.235. The van der Waals surface area contributed by atoms with Crippen LogP contribution in [0.1, 0.15) is 27.0 Å². The van der Waals surface area contributed by atoms with E-state index >= 15 is 0 Å². The normalized spacial score (nSPS) is 10.2. The number of ether oxygens (including phenoxy) is 1. The molecule has 98 valence electrons. The summed E-state index contributed by atoms with van der Waals surface area (Å²) >= 11 is 0. The van der Waals surface area contributed by atoms with Crippen molar-refractivity contribution in [1.82, 2.24) is 0 Å². The molecule has 0 saturated carbocycles. The molecular formula is C16H16O3. The van der Waals surface area contributed by atoms with Gasteiger partial charge in [-0.25, -0.2) is 4.79 Å². The van der Waals surface area contributed by atoms with Gasteiger partial charge >= 0.3 is 5.97 Å². The Bertz CT molecular complexity index is 603. The maximum Gasteiger partial charge on any atom is 0.335 e. The summed E-state index contributed by atoms with van der Waals surface area (Å²) in [5.74, 6) is -0.377. The summed E-state index contributed by atoms with van der Waals surface area (Å²) in [7, 11) is 0. The molecule has 19 heavy (non-hydrogen) atoms. The summed E-state index contributed by atoms with van der Waals surface area (Å²) in [5, 5.41) is 8.92. The number of rotatable bonds is 4. The van der Waals surface area contributed by atoms with Gasteiger partial charge < -0.3 is 9.84 Å². The lowest BCUT2D eigenvalue weighted by atomic mass is 10.1. The Balaban J connectivity index is 2.12. The average molecular weight is 256 g/mol. The molecule has 0 aliphatic carbocycles. The highest BCUT2D eigenvalue weighted by Gasteiger charge is 2.05. The second-order valence-electron chi connectivity index (χ2n) is 4.55. The molecule has 2 aromatic carbocycles. The van der Waals surface area contributed by atoms with Crippen LogP contribution in [-0.4, -0.2) is 11.1 Å². The summed E-state index contributed by atoms with van der Waals surface area (Å²) in [6.45, 7) is 4.51. The zero-order valence-corrected chi connectivity index (χ0v) is 11.0. The first-order chi connectivity index (χ1) is 9.06. The Morgan fingerprint density at radius 2 is 1.95 bits per heavy atom. The molecular weight excluding hydrogens is 240 g/mol. The molecule has 0 atom stereocenters. The minimum Gasteiger partial charge on any atom is -0.489 e. The van der Waals surface area contributed by atoms with Crippen LogP contribution >= 0.6 is 0 Å². The van der Waals surface area contributed by atoms with E-state index in [0.717, 1.165) is 5.56 Å². The van der Waals surface area contributed by atoms with E-state index in [1.165, 1.54) is 17.2 Å². The molecule has 0 fully saturated rings. The molecule has 3 nitrogen and oxygen atoms in total. The Kier molecular flexibility index (Phi) is 3.85. The van der Waals surface area contributed by atoms with Crippen molar-refractivity contribution in [3.05, 3.63) is 64.7 Å². The van der Waals surface area contributed by atoms with Crippen molar-refractivity contribution < 1.29 is 14.6 Å². The van der Waals surface area contributed by atoms with Gasteiger partial charge in [0.15, 0.2) is 0 Å². The Morgan fingerprint density at radius 1 is 1.16 bits per heavy atom. The molecule has 0 saturated heterocycles. The SMILES string of the molecule is Cc1ccc(C)c(COc2cccc(C(=O)O)c2)c1. The zero-order chi connectivity index (χ0) is 13.8. The first-order valence-corrected chi connectivity index (χ1v) is 6.08. The molecule has 0 heterocycles. The smallest absolute Gasteiger partial charge is 0.335 e. The third-order valence-electron chi connectivity index (χ3n) is 2.98. The lowest BCUT2D eigenvalue weighted by molar-refractivity contribution is 0.0696. The number of carboxylic acids is 1. The number of aromatic carboxylic acids is 1. The standard InChI is InChI=1S/C16H16O3/c1-11-6-7-12(2)14(8-11)10-19-15-5-3-4-13(9-15)16(17)18/h3-9H,10H2,1-2H3,(H,17,18). The molecule has 0 radical (unpaired) electrons. The number of benzene rings is 2. The van der Waals surface area contributed by atoms with Gasteiger partial charge in [-0.3, -0.25) is 0 Å². The first-order valence-electron chi connectivity index (χ1n) is 6.08. The fourth-order valence-corrected chi connectivity index (χ4v) is 1.84. The van der Waals surface area contributed by atoms with E-state index in [4.69, 9.17) is 9.84 Å². The Hall–Kier alpha value is -2.29. The summed E-state index contributed by atoms with van der Waals surface area (Å²) in [6, 6.07) is 12.7. The van der Waals surface area contributed by atoms with Crippen LogP contribution in [0, 0.1) is 13.8 Å². The third kappa shape index (κ3) is 3.35. The monoisotopic (exact) mass is 256 g/mol. The number of hydrogen-bond acceptors (Lipinski definition) is 2. The van der Waals surface area contributed by atoms with Gasteiger partial charge in [-0.2, -0.15) is 0 Å². The Labute approximate surface area is 112 Å². The molecule has 0 unspecified atom stereocenters. The molecule has 3 heteroatoms. The van der Waals surface area contributed by atoms with Gasteiger partial charge in [0.2, 0.25) is 0 Å². The highest BCUT2D eigenvalue weighted by atomic mass is 16.5. The van der Waals surface area contributed by atoms with Crippen LogP contribution in [-0.2, 0) is 6.61 Å². The molecule has 0 aromatic heterocycles. The fraction of sp³-hybridized carbons (Fsp3) is 0.188. The second kappa shape index (κ2) is 5.57. The first kappa shape index (κ1) is 13.1. The predicted molar refractivity (Wildman–Crippen MR) is 73.6 cm³/mol. The van der Waals surface area contributed by atoms with E-state index < -0.39 is 5.97 Å². The number of carbonyl (C=O) groups is 1. The van der Waals surface area contributed by atoms with Crippen molar-refractivity contribution in [3.63, 3.8) is 0 Å². The molecule has 2 aromatic rings. The summed E-state index contributed by atoms with van der Waals surface area (Å²) < 4.78 is 5.66. The molecule has 0 bridgehead atoms. The van der Waals surface area contributed by atoms with Crippen LogP contribution in [0.15, 0.2) is 42.5 Å². The quantitative estimate of drug-likeness (QED) is 0.909. The van der Waals surface area contributed by atoms with Crippen molar-refractivity contribution in [2.75, 3.05) is 0 Å². The van der Waals surface area contributed by atoms with Gasteiger partial charge in [0.25, 0.3) is 0 Å². The molecule has 0 spiro atoms. The second-order valence-corrected chi connectivity index (χ2v) is 4.55. The topological polar surface area (TPSA) is 46.5 Å². The lowest BCUT2D eigenvalue weighted by Crippen LogP contribution is -2.00. The average Bonchev–Trinajstić information content (AvgIpc) is 2.40. The molecule has 1 N–H and O–H groups in total. The maximum absolute atomic E-state index is 10.9. The van der Waals surface area contributed by atoms with Crippen LogP contribution in [0.5, 0.6) is 5.75 Å². The third-order valence-corrected chi connectivity index (χ3v) is 2.98. The fourth-order valence-electron chi connectivity index (χ4n) is 1.84. The van der Waals surface area contributed by atoms with Crippen LogP contribution in [0.4, 0.5) is 0 Å². The van der Waals surface area contributed by atoms with E-state index in [1.807, 2.05) is 13.8 Å². The van der Waals surface area contributed by atoms with E-state index in [1.54, 1.807) is 18.2 Å². The van der Waals surface area contributed by atoms with Crippen LogP contribution < -0.4 is 4.74 Å². The minimum atomic E-state index is -0.947. The number of carboxylic acid groups (broad SMARTS) is 1. The van der Waals surface area contributed by atoms with E-state index in [0.29, 0.717) is 12.4 Å². The van der Waals surface area contributed by atoms with Crippen molar-refractivity contribution >= 4 is 5.97 Å². The molecule has 2 rings (SSSR count). The predicted octanol–water partition coefficient (Wildman–Crippen LogP) is 3.58. The summed E-state index contributed by atoms with van der Waals surface area (Å²) in [5.41, 5.74) is 3.70.